The van der Waals surface area contributed by atoms with Crippen LogP contribution in [0.3, 0.4) is 0 Å². The fraction of sp³-hybridized carbons (Fsp3) is 0.318. The van der Waals surface area contributed by atoms with Crippen LogP contribution in [0.15, 0.2) is 53.4 Å². The molecule has 1 heterocycles. The molecule has 1 aliphatic heterocycles. The van der Waals surface area contributed by atoms with Crippen LogP contribution in [0, 0.1) is 5.82 Å². The molecule has 1 aliphatic rings. The van der Waals surface area contributed by atoms with Crippen LogP contribution in [0.25, 0.3) is 0 Å². The van der Waals surface area contributed by atoms with Gasteiger partial charge in [0.05, 0.1) is 23.5 Å². The molecule has 0 saturated carbocycles. The first-order valence-electron chi connectivity index (χ1n) is 10.1. The molecule has 2 amide bonds. The van der Waals surface area contributed by atoms with E-state index in [0.717, 1.165) is 33.5 Å². The number of methoxy groups -OCH3 is 2. The molecular weight excluding hydrogens is 471 g/mol. The molecule has 34 heavy (non-hydrogen) atoms. The molecule has 2 aromatic carbocycles. The Hall–Kier alpha value is -3.19. The number of sulfonamides is 1. The molecule has 1 unspecified atom stereocenters. The highest BCUT2D eigenvalue weighted by Crippen LogP contribution is 2.30. The zero-order valence-electron chi connectivity index (χ0n) is 18.6. The number of hydrogen-bond donors (Lipinski definition) is 0. The summed E-state index contributed by atoms with van der Waals surface area (Å²) in [7, 11) is -1.75. The number of imide groups is 1. The first kappa shape index (κ1) is 25.4. The Balaban J connectivity index is 1.96. The summed E-state index contributed by atoms with van der Waals surface area (Å²) in [5, 5.41) is 0. The van der Waals surface area contributed by atoms with Crippen molar-refractivity contribution in [2.24, 2.45) is 0 Å². The zero-order chi connectivity index (χ0) is 25.0. The van der Waals surface area contributed by atoms with E-state index in [1.165, 1.54) is 45.4 Å². The van der Waals surface area contributed by atoms with Crippen molar-refractivity contribution in [3.05, 3.63) is 54.3 Å². The standard InChI is InChI=1S/C22H23FN2O8S/c1-14(26)33-17-8-6-16(7-9-17)25-20(27)12-19(22(25)28)24(13-21(31-2)32-3)34(29,30)18-10-4-15(23)5-11-18/h4-11,19,21H,12-13H2,1-3H3. The van der Waals surface area contributed by atoms with E-state index in [2.05, 4.69) is 0 Å². The number of carbonyl (C=O) groups is 3. The van der Waals surface area contributed by atoms with Crippen LogP contribution in [0.2, 0.25) is 0 Å². The number of nitrogens with zero attached hydrogens (tertiary/aromatic N) is 2. The minimum absolute atomic E-state index is 0.183. The summed E-state index contributed by atoms with van der Waals surface area (Å²) >= 11 is 0. The molecule has 182 valence electrons. The maximum atomic E-state index is 13.4. The average Bonchev–Trinajstić information content (AvgIpc) is 3.08. The maximum Gasteiger partial charge on any atom is 0.308 e. The minimum atomic E-state index is -4.35. The molecule has 0 spiro atoms. The third-order valence-corrected chi connectivity index (χ3v) is 6.99. The van der Waals surface area contributed by atoms with Crippen molar-refractivity contribution in [3.63, 3.8) is 0 Å². The number of carbonyl (C=O) groups excluding carboxylic acids is 3. The van der Waals surface area contributed by atoms with Crippen LogP contribution in [-0.4, -0.2) is 63.6 Å². The fourth-order valence-corrected chi connectivity index (χ4v) is 5.04. The highest BCUT2D eigenvalue weighted by Gasteiger charge is 2.47. The second-order valence-corrected chi connectivity index (χ2v) is 9.20. The van der Waals surface area contributed by atoms with E-state index in [-0.39, 0.29) is 16.3 Å². The Morgan fingerprint density at radius 2 is 1.68 bits per heavy atom. The molecule has 1 atom stereocenters. The third-order valence-electron chi connectivity index (χ3n) is 5.10. The van der Waals surface area contributed by atoms with Gasteiger partial charge in [0.2, 0.25) is 15.9 Å². The lowest BCUT2D eigenvalue weighted by atomic mass is 10.2. The van der Waals surface area contributed by atoms with Crippen LogP contribution < -0.4 is 9.64 Å². The molecular formula is C22H23FN2O8S. The predicted octanol–water partition coefficient (Wildman–Crippen LogP) is 1.69. The third kappa shape index (κ3) is 5.30. The zero-order valence-corrected chi connectivity index (χ0v) is 19.5. The molecule has 10 nitrogen and oxygen atoms in total. The van der Waals surface area contributed by atoms with Gasteiger partial charge in [-0.2, -0.15) is 4.31 Å². The van der Waals surface area contributed by atoms with E-state index in [0.29, 0.717) is 0 Å². The van der Waals surface area contributed by atoms with Gasteiger partial charge in [0.15, 0.2) is 6.29 Å². The van der Waals surface area contributed by atoms with Gasteiger partial charge in [-0.3, -0.25) is 14.4 Å². The summed E-state index contributed by atoms with van der Waals surface area (Å²) in [6.45, 7) is 0.838. The molecule has 0 aromatic heterocycles. The molecule has 0 aliphatic carbocycles. The van der Waals surface area contributed by atoms with Crippen molar-refractivity contribution in [2.75, 3.05) is 25.7 Å². The van der Waals surface area contributed by atoms with E-state index >= 15 is 0 Å². The van der Waals surface area contributed by atoms with Crippen LogP contribution in [0.1, 0.15) is 13.3 Å². The minimum Gasteiger partial charge on any atom is -0.427 e. The molecule has 3 rings (SSSR count). The number of halogens is 1. The maximum absolute atomic E-state index is 13.4. The van der Waals surface area contributed by atoms with Gasteiger partial charge in [0.25, 0.3) is 5.91 Å². The van der Waals surface area contributed by atoms with Crippen LogP contribution in [0.5, 0.6) is 5.75 Å². The highest BCUT2D eigenvalue weighted by atomic mass is 32.2. The van der Waals surface area contributed by atoms with Crippen molar-refractivity contribution in [3.8, 4) is 5.75 Å². The summed E-state index contributed by atoms with van der Waals surface area (Å²) in [6.07, 6.45) is -1.46. The van der Waals surface area contributed by atoms with Gasteiger partial charge >= 0.3 is 5.97 Å². The smallest absolute Gasteiger partial charge is 0.308 e. The lowest BCUT2D eigenvalue weighted by molar-refractivity contribution is -0.132. The summed E-state index contributed by atoms with van der Waals surface area (Å²) < 4.78 is 56.2. The van der Waals surface area contributed by atoms with Crippen LogP contribution in [0.4, 0.5) is 10.1 Å². The summed E-state index contributed by atoms with van der Waals surface area (Å²) in [4.78, 5) is 37.8. The number of rotatable bonds is 9. The molecule has 0 bridgehead atoms. The SMILES string of the molecule is COC(CN(C1CC(=O)N(c2ccc(OC(C)=O)cc2)C1=O)S(=O)(=O)c1ccc(F)cc1)OC. The summed E-state index contributed by atoms with van der Waals surface area (Å²) in [5.74, 6) is -2.35. The second-order valence-electron chi connectivity index (χ2n) is 7.30. The van der Waals surface area contributed by atoms with Crippen molar-refractivity contribution in [1.82, 2.24) is 4.31 Å². The lowest BCUT2D eigenvalue weighted by Gasteiger charge is -2.29. The number of anilines is 1. The van der Waals surface area contributed by atoms with Gasteiger partial charge in [-0.1, -0.05) is 0 Å². The number of ether oxygens (including phenoxy) is 3. The molecule has 1 fully saturated rings. The number of hydrogen-bond acceptors (Lipinski definition) is 8. The predicted molar refractivity (Wildman–Crippen MR) is 117 cm³/mol. The average molecular weight is 494 g/mol. The van der Waals surface area contributed by atoms with Crippen LogP contribution in [-0.2, 0) is 33.9 Å². The van der Waals surface area contributed by atoms with Crippen molar-refractivity contribution >= 4 is 33.5 Å². The lowest BCUT2D eigenvalue weighted by Crippen LogP contribution is -2.49. The molecule has 0 radical (unpaired) electrons. The number of esters is 1. The topological polar surface area (TPSA) is 120 Å². The van der Waals surface area contributed by atoms with Gasteiger partial charge in [0, 0.05) is 21.1 Å². The van der Waals surface area contributed by atoms with Gasteiger partial charge in [-0.05, 0) is 48.5 Å². The van der Waals surface area contributed by atoms with Crippen LogP contribution >= 0.6 is 0 Å². The Bertz CT molecular complexity index is 1160. The Morgan fingerprint density at radius 3 is 2.21 bits per heavy atom. The van der Waals surface area contributed by atoms with Gasteiger partial charge in [-0.25, -0.2) is 17.7 Å². The van der Waals surface area contributed by atoms with Gasteiger partial charge < -0.3 is 14.2 Å². The first-order valence-corrected chi connectivity index (χ1v) is 11.5. The number of benzene rings is 2. The molecule has 12 heteroatoms. The monoisotopic (exact) mass is 494 g/mol. The Morgan fingerprint density at radius 1 is 1.09 bits per heavy atom. The van der Waals surface area contributed by atoms with Crippen molar-refractivity contribution < 1.29 is 41.4 Å². The van der Waals surface area contributed by atoms with Gasteiger partial charge in [-0.15, -0.1) is 0 Å². The normalized spacial score (nSPS) is 16.5. The molecule has 1 saturated heterocycles. The Labute approximate surface area is 195 Å². The van der Waals surface area contributed by atoms with Gasteiger partial charge in [0.1, 0.15) is 17.6 Å². The Kier molecular flexibility index (Phi) is 7.77. The fourth-order valence-electron chi connectivity index (χ4n) is 3.47. The molecule has 0 N–H and O–H groups in total. The second kappa shape index (κ2) is 10.4. The first-order chi connectivity index (χ1) is 16.1. The van der Waals surface area contributed by atoms with E-state index < -0.39 is 58.9 Å². The van der Waals surface area contributed by atoms with E-state index in [4.69, 9.17) is 14.2 Å². The number of amides is 2. The molecule has 2 aromatic rings. The van der Waals surface area contributed by atoms with E-state index in [9.17, 15) is 27.2 Å². The van der Waals surface area contributed by atoms with E-state index in [1.807, 2.05) is 0 Å². The van der Waals surface area contributed by atoms with E-state index in [1.54, 1.807) is 0 Å². The summed E-state index contributed by atoms with van der Waals surface area (Å²) in [5.41, 5.74) is 0.183. The largest absolute Gasteiger partial charge is 0.427 e. The van der Waals surface area contributed by atoms with Crippen molar-refractivity contribution in [1.29, 1.82) is 0 Å². The highest BCUT2D eigenvalue weighted by molar-refractivity contribution is 7.89. The summed E-state index contributed by atoms with van der Waals surface area (Å²) in [6, 6.07) is 8.33. The quantitative estimate of drug-likeness (QED) is 0.224. The van der Waals surface area contributed by atoms with Crippen molar-refractivity contribution in [2.45, 2.75) is 30.6 Å².